The second-order valence-electron chi connectivity index (χ2n) is 4.93. The van der Waals surface area contributed by atoms with Crippen molar-refractivity contribution in [2.75, 3.05) is 24.7 Å². The molecule has 0 radical (unpaired) electrons. The predicted octanol–water partition coefficient (Wildman–Crippen LogP) is 2.70. The maximum absolute atomic E-state index is 11.3. The molecule has 0 bridgehead atoms. The molecule has 1 aromatic rings. The molecule has 0 saturated heterocycles. The van der Waals surface area contributed by atoms with E-state index in [0.29, 0.717) is 19.6 Å². The van der Waals surface area contributed by atoms with Crippen molar-refractivity contribution < 1.29 is 14.3 Å². The van der Waals surface area contributed by atoms with Gasteiger partial charge < -0.3 is 15.2 Å². The summed E-state index contributed by atoms with van der Waals surface area (Å²) in [6.07, 6.45) is 0.632. The summed E-state index contributed by atoms with van der Waals surface area (Å²) in [6, 6.07) is 5.68. The molecule has 2 N–H and O–H groups in total. The Labute approximate surface area is 131 Å². The van der Waals surface area contributed by atoms with Crippen LogP contribution in [0.25, 0.3) is 0 Å². The normalized spacial score (nSPS) is 12.0. The second kappa shape index (κ2) is 9.68. The average Bonchev–Trinajstić information content (AvgIpc) is 2.41. The summed E-state index contributed by atoms with van der Waals surface area (Å²) < 4.78 is 10.6. The van der Waals surface area contributed by atoms with Gasteiger partial charge in [-0.2, -0.15) is 11.8 Å². The summed E-state index contributed by atoms with van der Waals surface area (Å²) in [5.41, 5.74) is 8.14. The van der Waals surface area contributed by atoms with E-state index in [1.165, 1.54) is 11.1 Å². The Balaban J connectivity index is 2.13. The Hall–Kier alpha value is -1.20. The van der Waals surface area contributed by atoms with Crippen LogP contribution in [0.1, 0.15) is 24.5 Å². The van der Waals surface area contributed by atoms with E-state index in [1.807, 2.05) is 12.1 Å². The van der Waals surface area contributed by atoms with Crippen LogP contribution in [0.15, 0.2) is 18.2 Å². The van der Waals surface area contributed by atoms with E-state index in [0.717, 1.165) is 17.3 Å². The number of hydrogen-bond donors (Lipinski definition) is 1. The average molecular weight is 311 g/mol. The topological polar surface area (TPSA) is 61.5 Å². The molecule has 0 aliphatic heterocycles. The first-order valence-corrected chi connectivity index (χ1v) is 8.39. The Kier molecular flexibility index (Phi) is 8.23. The van der Waals surface area contributed by atoms with Crippen molar-refractivity contribution in [3.05, 3.63) is 29.3 Å². The van der Waals surface area contributed by atoms with Gasteiger partial charge in [-0.15, -0.1) is 0 Å². The number of aryl methyl sites for hydroxylation is 2. The third-order valence-electron chi connectivity index (χ3n) is 2.85. The maximum Gasteiger partial charge on any atom is 0.322 e. The third-order valence-corrected chi connectivity index (χ3v) is 3.83. The van der Waals surface area contributed by atoms with Gasteiger partial charge in [-0.25, -0.2) is 0 Å². The first-order chi connectivity index (χ1) is 10.0. The standard InChI is InChI=1S/C16H25NO3S/c1-4-19-16(18)15(17)5-7-21-8-6-20-14-10-12(2)9-13(3)11-14/h9-11,15H,4-8,17H2,1-3H3. The molecular weight excluding hydrogens is 286 g/mol. The van der Waals surface area contributed by atoms with Gasteiger partial charge in [-0.1, -0.05) is 6.07 Å². The van der Waals surface area contributed by atoms with E-state index in [-0.39, 0.29) is 5.97 Å². The SMILES string of the molecule is CCOC(=O)C(N)CCSCCOc1cc(C)cc(C)c1. The van der Waals surface area contributed by atoms with E-state index in [4.69, 9.17) is 15.2 Å². The smallest absolute Gasteiger partial charge is 0.322 e. The first kappa shape index (κ1) is 17.9. The van der Waals surface area contributed by atoms with Crippen molar-refractivity contribution >= 4 is 17.7 Å². The number of thioether (sulfide) groups is 1. The summed E-state index contributed by atoms with van der Waals surface area (Å²) in [5.74, 6) is 2.31. The minimum absolute atomic E-state index is 0.315. The van der Waals surface area contributed by atoms with Gasteiger partial charge in [0, 0.05) is 5.75 Å². The Bertz CT molecular complexity index is 431. The van der Waals surface area contributed by atoms with Crippen LogP contribution in [0, 0.1) is 13.8 Å². The van der Waals surface area contributed by atoms with Gasteiger partial charge in [-0.05, 0) is 56.2 Å². The Morgan fingerprint density at radius 2 is 1.90 bits per heavy atom. The molecule has 0 heterocycles. The highest BCUT2D eigenvalue weighted by Crippen LogP contribution is 2.16. The van der Waals surface area contributed by atoms with Crippen LogP contribution in [-0.2, 0) is 9.53 Å². The summed E-state index contributed by atoms with van der Waals surface area (Å²) in [6.45, 7) is 6.94. The van der Waals surface area contributed by atoms with Gasteiger partial charge in [0.1, 0.15) is 11.8 Å². The van der Waals surface area contributed by atoms with Crippen LogP contribution in [0.5, 0.6) is 5.75 Å². The fourth-order valence-corrected chi connectivity index (χ4v) is 2.74. The van der Waals surface area contributed by atoms with Crippen LogP contribution >= 0.6 is 11.8 Å². The van der Waals surface area contributed by atoms with E-state index < -0.39 is 6.04 Å². The van der Waals surface area contributed by atoms with Crippen molar-refractivity contribution in [2.24, 2.45) is 5.73 Å². The molecule has 0 spiro atoms. The first-order valence-electron chi connectivity index (χ1n) is 7.24. The fourth-order valence-electron chi connectivity index (χ4n) is 1.91. The van der Waals surface area contributed by atoms with Gasteiger partial charge in [0.05, 0.1) is 13.2 Å². The lowest BCUT2D eigenvalue weighted by atomic mass is 10.1. The highest BCUT2D eigenvalue weighted by molar-refractivity contribution is 7.99. The zero-order valence-electron chi connectivity index (χ0n) is 13.1. The molecular formula is C16H25NO3S. The number of carbonyl (C=O) groups is 1. The Morgan fingerprint density at radius 3 is 2.52 bits per heavy atom. The lowest BCUT2D eigenvalue weighted by molar-refractivity contribution is -0.144. The molecule has 0 aliphatic rings. The van der Waals surface area contributed by atoms with E-state index >= 15 is 0 Å². The van der Waals surface area contributed by atoms with Crippen LogP contribution < -0.4 is 10.5 Å². The highest BCUT2D eigenvalue weighted by atomic mass is 32.2. The highest BCUT2D eigenvalue weighted by Gasteiger charge is 2.13. The number of esters is 1. The van der Waals surface area contributed by atoms with Gasteiger partial charge in [0.2, 0.25) is 0 Å². The van der Waals surface area contributed by atoms with E-state index in [9.17, 15) is 4.79 Å². The molecule has 21 heavy (non-hydrogen) atoms. The summed E-state index contributed by atoms with van der Waals surface area (Å²) in [5, 5.41) is 0. The molecule has 0 aromatic heterocycles. The van der Waals surface area contributed by atoms with Crippen LogP contribution in [-0.4, -0.2) is 36.7 Å². The number of carbonyl (C=O) groups excluding carboxylic acids is 1. The van der Waals surface area contributed by atoms with Crippen molar-refractivity contribution in [3.63, 3.8) is 0 Å². The quantitative estimate of drug-likeness (QED) is 0.561. The van der Waals surface area contributed by atoms with Crippen molar-refractivity contribution in [3.8, 4) is 5.75 Å². The Morgan fingerprint density at radius 1 is 1.24 bits per heavy atom. The maximum atomic E-state index is 11.3. The molecule has 0 amide bonds. The second-order valence-corrected chi connectivity index (χ2v) is 6.16. The molecule has 118 valence electrons. The van der Waals surface area contributed by atoms with Gasteiger partial charge in [-0.3, -0.25) is 4.79 Å². The van der Waals surface area contributed by atoms with Gasteiger partial charge in [0.25, 0.3) is 0 Å². The minimum Gasteiger partial charge on any atom is -0.493 e. The zero-order chi connectivity index (χ0) is 15.7. The molecule has 1 aromatic carbocycles. The molecule has 0 fully saturated rings. The molecule has 4 nitrogen and oxygen atoms in total. The predicted molar refractivity (Wildman–Crippen MR) is 88.0 cm³/mol. The lowest BCUT2D eigenvalue weighted by Gasteiger charge is -2.10. The molecule has 1 atom stereocenters. The monoisotopic (exact) mass is 311 g/mol. The molecule has 5 heteroatoms. The number of hydrogen-bond acceptors (Lipinski definition) is 5. The van der Waals surface area contributed by atoms with Crippen molar-refractivity contribution in [1.82, 2.24) is 0 Å². The number of rotatable bonds is 9. The summed E-state index contributed by atoms with van der Waals surface area (Å²) in [4.78, 5) is 11.3. The minimum atomic E-state index is -0.516. The number of ether oxygens (including phenoxy) is 2. The van der Waals surface area contributed by atoms with Crippen LogP contribution in [0.4, 0.5) is 0 Å². The van der Waals surface area contributed by atoms with E-state index in [2.05, 4.69) is 19.9 Å². The van der Waals surface area contributed by atoms with Crippen LogP contribution in [0.3, 0.4) is 0 Å². The lowest BCUT2D eigenvalue weighted by Crippen LogP contribution is -2.32. The zero-order valence-corrected chi connectivity index (χ0v) is 13.9. The van der Waals surface area contributed by atoms with Gasteiger partial charge in [0.15, 0.2) is 0 Å². The molecule has 0 aliphatic carbocycles. The van der Waals surface area contributed by atoms with E-state index in [1.54, 1.807) is 18.7 Å². The molecule has 1 unspecified atom stereocenters. The van der Waals surface area contributed by atoms with Gasteiger partial charge >= 0.3 is 5.97 Å². The van der Waals surface area contributed by atoms with Crippen molar-refractivity contribution in [2.45, 2.75) is 33.2 Å². The number of nitrogens with two attached hydrogens (primary N) is 1. The third kappa shape index (κ3) is 7.39. The largest absolute Gasteiger partial charge is 0.493 e. The molecule has 0 saturated carbocycles. The van der Waals surface area contributed by atoms with Crippen LogP contribution in [0.2, 0.25) is 0 Å². The summed E-state index contributed by atoms with van der Waals surface area (Å²) in [7, 11) is 0. The van der Waals surface area contributed by atoms with Crippen molar-refractivity contribution in [1.29, 1.82) is 0 Å². The fraction of sp³-hybridized carbons (Fsp3) is 0.562. The summed E-state index contributed by atoms with van der Waals surface area (Å²) >= 11 is 1.73. The molecule has 1 rings (SSSR count). The number of benzene rings is 1.